The largest absolute Gasteiger partial charge is 0.369 e. The van der Waals surface area contributed by atoms with Crippen LogP contribution in [-0.2, 0) is 9.59 Å². The summed E-state index contributed by atoms with van der Waals surface area (Å²) in [7, 11) is 0. The zero-order chi connectivity index (χ0) is 15.2. The lowest BCUT2D eigenvalue weighted by molar-refractivity contribution is -0.135. The summed E-state index contributed by atoms with van der Waals surface area (Å²) in [6, 6.07) is 6.39. The molecule has 0 saturated heterocycles. The number of nitrogens with one attached hydrogen (secondary N) is 1. The molecule has 1 aromatic heterocycles. The van der Waals surface area contributed by atoms with Crippen molar-refractivity contribution in [1.82, 2.24) is 10.3 Å². The number of rotatable bonds is 4. The first-order valence-corrected chi connectivity index (χ1v) is 7.03. The lowest BCUT2D eigenvalue weighted by Crippen LogP contribution is -2.43. The van der Waals surface area contributed by atoms with E-state index >= 15 is 0 Å². The lowest BCUT2D eigenvalue weighted by atomic mass is 9.78. The Labute approximate surface area is 123 Å². The molecule has 0 bridgehead atoms. The third kappa shape index (κ3) is 3.57. The highest BCUT2D eigenvalue weighted by molar-refractivity contribution is 5.87. The summed E-state index contributed by atoms with van der Waals surface area (Å²) in [5.74, 6) is -1.63. The van der Waals surface area contributed by atoms with Gasteiger partial charge in [-0.05, 0) is 25.0 Å². The van der Waals surface area contributed by atoms with Gasteiger partial charge in [-0.3, -0.25) is 14.6 Å². The highest BCUT2D eigenvalue weighted by Crippen LogP contribution is 2.30. The van der Waals surface area contributed by atoms with E-state index in [1.807, 2.05) is 6.07 Å². The van der Waals surface area contributed by atoms with Crippen molar-refractivity contribution >= 4 is 11.8 Å². The van der Waals surface area contributed by atoms with Gasteiger partial charge in [-0.1, -0.05) is 18.9 Å². The van der Waals surface area contributed by atoms with Crippen LogP contribution in [0.3, 0.4) is 0 Å². The topological polar surface area (TPSA) is 109 Å². The predicted molar refractivity (Wildman–Crippen MR) is 75.4 cm³/mol. The van der Waals surface area contributed by atoms with Gasteiger partial charge in [-0.25, -0.2) is 0 Å². The van der Waals surface area contributed by atoms with E-state index in [1.165, 1.54) is 0 Å². The number of carbonyl (C=O) groups is 2. The van der Waals surface area contributed by atoms with E-state index in [9.17, 15) is 14.9 Å². The minimum Gasteiger partial charge on any atom is -0.369 e. The lowest BCUT2D eigenvalue weighted by Gasteiger charge is -2.28. The van der Waals surface area contributed by atoms with E-state index in [1.54, 1.807) is 24.4 Å². The molecule has 110 valence electrons. The van der Waals surface area contributed by atoms with Crippen molar-refractivity contribution in [3.8, 4) is 6.07 Å². The smallest absolute Gasteiger partial charge is 0.225 e. The number of aromatic nitrogens is 1. The Morgan fingerprint density at radius 2 is 2.05 bits per heavy atom. The Morgan fingerprint density at radius 1 is 1.33 bits per heavy atom. The van der Waals surface area contributed by atoms with Gasteiger partial charge in [0.2, 0.25) is 11.8 Å². The second kappa shape index (κ2) is 6.84. The molecule has 0 aromatic carbocycles. The van der Waals surface area contributed by atoms with Gasteiger partial charge in [0.15, 0.2) is 6.04 Å². The van der Waals surface area contributed by atoms with Crippen LogP contribution in [0.25, 0.3) is 0 Å². The monoisotopic (exact) mass is 286 g/mol. The Kier molecular flexibility index (Phi) is 4.88. The van der Waals surface area contributed by atoms with Crippen molar-refractivity contribution in [3.05, 3.63) is 30.1 Å². The molecule has 0 aliphatic heterocycles. The van der Waals surface area contributed by atoms with Gasteiger partial charge in [-0.2, -0.15) is 5.26 Å². The van der Waals surface area contributed by atoms with Gasteiger partial charge in [0, 0.05) is 18.0 Å². The molecular formula is C15H18N4O2. The molecule has 1 saturated carbocycles. The van der Waals surface area contributed by atoms with E-state index in [2.05, 4.69) is 10.3 Å². The fourth-order valence-electron chi connectivity index (χ4n) is 2.75. The first-order chi connectivity index (χ1) is 10.1. The molecule has 6 nitrogen and oxygen atoms in total. The Balaban J connectivity index is 2.09. The fraction of sp³-hybridized carbons (Fsp3) is 0.467. The molecule has 2 amide bonds. The third-order valence-electron chi connectivity index (χ3n) is 3.87. The van der Waals surface area contributed by atoms with Gasteiger partial charge in [-0.15, -0.1) is 0 Å². The van der Waals surface area contributed by atoms with E-state index in [0.29, 0.717) is 18.5 Å². The molecular weight excluding hydrogens is 268 g/mol. The quantitative estimate of drug-likeness (QED) is 0.862. The van der Waals surface area contributed by atoms with Crippen molar-refractivity contribution in [2.75, 3.05) is 0 Å². The van der Waals surface area contributed by atoms with Crippen LogP contribution in [0.4, 0.5) is 0 Å². The average Bonchev–Trinajstić information content (AvgIpc) is 2.53. The van der Waals surface area contributed by atoms with Crippen molar-refractivity contribution in [2.45, 2.75) is 31.7 Å². The Hall–Kier alpha value is -2.42. The standard InChI is InChI=1S/C15H18N4O2/c16-9-13(12-7-3-4-8-18-12)19-15(21)11-6-2-1-5-10(11)14(17)20/h3-4,7-8,10-11,13H,1-2,5-6H2,(H2,17,20)(H,19,21)/t10-,11+,13?/m0/s1. The van der Waals surface area contributed by atoms with Crippen LogP contribution in [0.1, 0.15) is 37.4 Å². The number of carbonyl (C=O) groups excluding carboxylic acids is 2. The van der Waals surface area contributed by atoms with Crippen molar-refractivity contribution in [1.29, 1.82) is 5.26 Å². The number of pyridine rings is 1. The highest BCUT2D eigenvalue weighted by Gasteiger charge is 2.35. The first kappa shape index (κ1) is 15.0. The van der Waals surface area contributed by atoms with Crippen LogP contribution in [-0.4, -0.2) is 16.8 Å². The maximum atomic E-state index is 12.4. The van der Waals surface area contributed by atoms with E-state index in [4.69, 9.17) is 5.73 Å². The van der Waals surface area contributed by atoms with Crippen LogP contribution in [0.5, 0.6) is 0 Å². The number of nitrogens with two attached hydrogens (primary N) is 1. The average molecular weight is 286 g/mol. The number of primary amides is 1. The molecule has 3 atom stereocenters. The Morgan fingerprint density at radius 3 is 2.62 bits per heavy atom. The molecule has 1 fully saturated rings. The third-order valence-corrected chi connectivity index (χ3v) is 3.87. The number of nitriles is 1. The summed E-state index contributed by atoms with van der Waals surface area (Å²) in [5, 5.41) is 11.9. The Bertz CT molecular complexity index is 553. The second-order valence-electron chi connectivity index (χ2n) is 5.23. The maximum absolute atomic E-state index is 12.4. The summed E-state index contributed by atoms with van der Waals surface area (Å²) < 4.78 is 0. The van der Waals surface area contributed by atoms with Crippen LogP contribution < -0.4 is 11.1 Å². The first-order valence-electron chi connectivity index (χ1n) is 7.03. The van der Waals surface area contributed by atoms with Gasteiger partial charge in [0.05, 0.1) is 11.8 Å². The zero-order valence-corrected chi connectivity index (χ0v) is 11.7. The van der Waals surface area contributed by atoms with Gasteiger partial charge >= 0.3 is 0 Å². The minimum absolute atomic E-state index is 0.296. The predicted octanol–water partition coefficient (Wildman–Crippen LogP) is 1.05. The molecule has 1 aliphatic carbocycles. The summed E-state index contributed by atoms with van der Waals surface area (Å²) in [5.41, 5.74) is 5.86. The summed E-state index contributed by atoms with van der Waals surface area (Å²) >= 11 is 0. The normalized spacial score (nSPS) is 22.8. The second-order valence-corrected chi connectivity index (χ2v) is 5.23. The van der Waals surface area contributed by atoms with Gasteiger partial charge in [0.1, 0.15) is 0 Å². The van der Waals surface area contributed by atoms with Crippen molar-refractivity contribution in [2.24, 2.45) is 17.6 Å². The van der Waals surface area contributed by atoms with Gasteiger partial charge in [0.25, 0.3) is 0 Å². The SMILES string of the molecule is N#CC(NC(=O)[C@@H]1CCCC[C@@H]1C(N)=O)c1ccccn1. The number of nitrogens with zero attached hydrogens (tertiary/aromatic N) is 2. The molecule has 1 heterocycles. The van der Waals surface area contributed by atoms with Crippen LogP contribution in [0.2, 0.25) is 0 Å². The number of hydrogen-bond donors (Lipinski definition) is 2. The van der Waals surface area contributed by atoms with Crippen molar-refractivity contribution < 1.29 is 9.59 Å². The molecule has 0 radical (unpaired) electrons. The summed E-state index contributed by atoms with van der Waals surface area (Å²) in [4.78, 5) is 27.9. The molecule has 3 N–H and O–H groups in total. The van der Waals surface area contributed by atoms with E-state index in [-0.39, 0.29) is 5.91 Å². The van der Waals surface area contributed by atoms with Gasteiger partial charge < -0.3 is 11.1 Å². The van der Waals surface area contributed by atoms with E-state index in [0.717, 1.165) is 12.8 Å². The van der Waals surface area contributed by atoms with Crippen LogP contribution >= 0.6 is 0 Å². The van der Waals surface area contributed by atoms with Crippen LogP contribution in [0, 0.1) is 23.2 Å². The molecule has 1 aromatic rings. The zero-order valence-electron chi connectivity index (χ0n) is 11.7. The number of hydrogen-bond acceptors (Lipinski definition) is 4. The molecule has 2 rings (SSSR count). The highest BCUT2D eigenvalue weighted by atomic mass is 16.2. The molecule has 21 heavy (non-hydrogen) atoms. The van der Waals surface area contributed by atoms with Crippen molar-refractivity contribution in [3.63, 3.8) is 0 Å². The molecule has 6 heteroatoms. The number of amides is 2. The van der Waals surface area contributed by atoms with Crippen LogP contribution in [0.15, 0.2) is 24.4 Å². The molecule has 0 spiro atoms. The molecule has 1 unspecified atom stereocenters. The molecule has 1 aliphatic rings. The minimum atomic E-state index is -0.811. The maximum Gasteiger partial charge on any atom is 0.225 e. The summed E-state index contributed by atoms with van der Waals surface area (Å²) in [6.07, 6.45) is 4.62. The van der Waals surface area contributed by atoms with E-state index < -0.39 is 23.8 Å². The summed E-state index contributed by atoms with van der Waals surface area (Å²) in [6.45, 7) is 0. The fourth-order valence-corrected chi connectivity index (χ4v) is 2.75.